The number of hydrogen-bond donors (Lipinski definition) is 0. The zero-order chi connectivity index (χ0) is 14.2. The molecule has 18 heavy (non-hydrogen) atoms. The summed E-state index contributed by atoms with van der Waals surface area (Å²) in [4.78, 5) is 2.48. The molecule has 0 bridgehead atoms. The minimum absolute atomic E-state index is 0.0894. The van der Waals surface area contributed by atoms with E-state index >= 15 is 0 Å². The van der Waals surface area contributed by atoms with Crippen molar-refractivity contribution in [2.45, 2.75) is 66.8 Å². The molecule has 0 aromatic carbocycles. The molecule has 0 aliphatic carbocycles. The zero-order valence-corrected chi connectivity index (χ0v) is 13.4. The van der Waals surface area contributed by atoms with Gasteiger partial charge in [0.2, 0.25) is 0 Å². The summed E-state index contributed by atoms with van der Waals surface area (Å²) in [6.07, 6.45) is 3.58. The molecule has 0 saturated heterocycles. The van der Waals surface area contributed by atoms with E-state index in [1.54, 1.807) is 0 Å². The number of ether oxygens (including phenoxy) is 1. The average Bonchev–Trinajstić information content (AvgIpc) is 2.32. The fourth-order valence-electron chi connectivity index (χ4n) is 1.67. The molecule has 0 amide bonds. The normalized spacial score (nSPS) is 12.2. The SMILES string of the molecule is C=C(OCCN(CCCC)C(C)C)C(C)(C)CC. The topological polar surface area (TPSA) is 12.5 Å². The molecular formula is C16H33NO. The maximum absolute atomic E-state index is 5.82. The predicted molar refractivity (Wildman–Crippen MR) is 80.8 cm³/mol. The molecule has 0 aromatic heterocycles. The molecular weight excluding hydrogens is 222 g/mol. The largest absolute Gasteiger partial charge is 0.497 e. The van der Waals surface area contributed by atoms with Gasteiger partial charge in [-0.05, 0) is 33.2 Å². The van der Waals surface area contributed by atoms with Gasteiger partial charge >= 0.3 is 0 Å². The van der Waals surface area contributed by atoms with Crippen molar-refractivity contribution in [1.82, 2.24) is 4.90 Å². The Morgan fingerprint density at radius 1 is 1.22 bits per heavy atom. The van der Waals surface area contributed by atoms with Gasteiger partial charge in [0.15, 0.2) is 0 Å². The Morgan fingerprint density at radius 3 is 2.28 bits per heavy atom. The first kappa shape index (κ1) is 17.5. The highest BCUT2D eigenvalue weighted by Crippen LogP contribution is 2.29. The summed E-state index contributed by atoms with van der Waals surface area (Å²) in [5.74, 6) is 0.921. The van der Waals surface area contributed by atoms with E-state index in [1.807, 2.05) is 0 Å². The third kappa shape index (κ3) is 6.44. The molecule has 0 rings (SSSR count). The van der Waals surface area contributed by atoms with Gasteiger partial charge in [0.05, 0.1) is 5.76 Å². The van der Waals surface area contributed by atoms with E-state index < -0.39 is 0 Å². The van der Waals surface area contributed by atoms with Crippen molar-refractivity contribution in [3.05, 3.63) is 12.3 Å². The Morgan fingerprint density at radius 2 is 1.83 bits per heavy atom. The molecule has 0 aliphatic heterocycles. The van der Waals surface area contributed by atoms with Crippen molar-refractivity contribution in [2.75, 3.05) is 19.7 Å². The second-order valence-electron chi connectivity index (χ2n) is 5.99. The summed E-state index contributed by atoms with van der Waals surface area (Å²) in [7, 11) is 0. The highest BCUT2D eigenvalue weighted by Gasteiger charge is 2.21. The molecule has 0 spiro atoms. The highest BCUT2D eigenvalue weighted by molar-refractivity contribution is 4.97. The summed E-state index contributed by atoms with van der Waals surface area (Å²) in [6, 6.07) is 0.590. The summed E-state index contributed by atoms with van der Waals surface area (Å²) in [6.45, 7) is 20.3. The van der Waals surface area contributed by atoms with Gasteiger partial charge in [-0.25, -0.2) is 0 Å². The molecule has 0 saturated carbocycles. The summed E-state index contributed by atoms with van der Waals surface area (Å²) in [5, 5.41) is 0. The van der Waals surface area contributed by atoms with Crippen LogP contribution in [-0.4, -0.2) is 30.6 Å². The van der Waals surface area contributed by atoms with Crippen molar-refractivity contribution >= 4 is 0 Å². The van der Waals surface area contributed by atoms with E-state index in [-0.39, 0.29) is 5.41 Å². The van der Waals surface area contributed by atoms with Gasteiger partial charge in [0.1, 0.15) is 6.61 Å². The fourth-order valence-corrected chi connectivity index (χ4v) is 1.67. The van der Waals surface area contributed by atoms with E-state index in [0.29, 0.717) is 6.04 Å². The van der Waals surface area contributed by atoms with Crippen molar-refractivity contribution in [3.8, 4) is 0 Å². The second kappa shape index (κ2) is 8.58. The van der Waals surface area contributed by atoms with Crippen molar-refractivity contribution in [2.24, 2.45) is 5.41 Å². The molecule has 0 heterocycles. The molecule has 2 nitrogen and oxygen atoms in total. The molecule has 108 valence electrons. The van der Waals surface area contributed by atoms with Crippen LogP contribution in [0.15, 0.2) is 12.3 Å². The lowest BCUT2D eigenvalue weighted by Crippen LogP contribution is -2.35. The predicted octanol–water partition coefficient (Wildman–Crippen LogP) is 4.46. The molecule has 0 aliphatic rings. The van der Waals surface area contributed by atoms with Crippen LogP contribution in [0.3, 0.4) is 0 Å². The van der Waals surface area contributed by atoms with Gasteiger partial charge in [0.25, 0.3) is 0 Å². The van der Waals surface area contributed by atoms with Gasteiger partial charge in [-0.3, -0.25) is 4.90 Å². The quantitative estimate of drug-likeness (QED) is 0.534. The summed E-state index contributed by atoms with van der Waals surface area (Å²) >= 11 is 0. The van der Waals surface area contributed by atoms with E-state index in [2.05, 4.69) is 53.0 Å². The minimum Gasteiger partial charge on any atom is -0.497 e. The fraction of sp³-hybridized carbons (Fsp3) is 0.875. The van der Waals surface area contributed by atoms with Crippen LogP contribution in [0.4, 0.5) is 0 Å². The van der Waals surface area contributed by atoms with Crippen LogP contribution in [-0.2, 0) is 4.74 Å². The van der Waals surface area contributed by atoms with E-state index in [0.717, 1.165) is 25.3 Å². The van der Waals surface area contributed by atoms with Gasteiger partial charge in [-0.1, -0.05) is 40.7 Å². The Bertz CT molecular complexity index is 233. The first-order chi connectivity index (χ1) is 8.35. The Balaban J connectivity index is 4.03. The molecule has 2 heteroatoms. The van der Waals surface area contributed by atoms with Crippen LogP contribution in [0.5, 0.6) is 0 Å². The first-order valence-electron chi connectivity index (χ1n) is 7.41. The molecule has 0 N–H and O–H groups in total. The van der Waals surface area contributed by atoms with E-state index in [4.69, 9.17) is 4.74 Å². The molecule has 0 aromatic rings. The molecule has 0 radical (unpaired) electrons. The van der Waals surface area contributed by atoms with Crippen LogP contribution in [0.25, 0.3) is 0 Å². The summed E-state index contributed by atoms with van der Waals surface area (Å²) in [5.41, 5.74) is 0.0894. The Kier molecular flexibility index (Phi) is 8.34. The van der Waals surface area contributed by atoms with Gasteiger partial charge in [-0.2, -0.15) is 0 Å². The number of unbranched alkanes of at least 4 members (excludes halogenated alkanes) is 1. The van der Waals surface area contributed by atoms with Gasteiger partial charge in [-0.15, -0.1) is 0 Å². The Hall–Kier alpha value is -0.500. The molecule has 0 fully saturated rings. The van der Waals surface area contributed by atoms with E-state index in [1.165, 1.54) is 19.4 Å². The van der Waals surface area contributed by atoms with Crippen molar-refractivity contribution in [3.63, 3.8) is 0 Å². The monoisotopic (exact) mass is 255 g/mol. The van der Waals surface area contributed by atoms with Crippen LogP contribution in [0.1, 0.15) is 60.8 Å². The summed E-state index contributed by atoms with van der Waals surface area (Å²) < 4.78 is 5.82. The van der Waals surface area contributed by atoms with Crippen molar-refractivity contribution < 1.29 is 4.74 Å². The standard InChI is InChI=1S/C16H33NO/c1-8-10-11-17(14(3)4)12-13-18-15(5)16(6,7)9-2/h14H,5,8-13H2,1-4,6-7H3. The number of hydrogen-bond acceptors (Lipinski definition) is 2. The van der Waals surface area contributed by atoms with Crippen LogP contribution < -0.4 is 0 Å². The lowest BCUT2D eigenvalue weighted by atomic mass is 9.88. The maximum atomic E-state index is 5.82. The average molecular weight is 255 g/mol. The van der Waals surface area contributed by atoms with Gasteiger partial charge < -0.3 is 4.74 Å². The number of allylic oxidation sites excluding steroid dienone is 1. The zero-order valence-electron chi connectivity index (χ0n) is 13.4. The maximum Gasteiger partial charge on any atom is 0.100 e. The van der Waals surface area contributed by atoms with Crippen LogP contribution >= 0.6 is 0 Å². The molecule has 0 unspecified atom stereocenters. The lowest BCUT2D eigenvalue weighted by Gasteiger charge is -2.29. The smallest absolute Gasteiger partial charge is 0.100 e. The first-order valence-corrected chi connectivity index (χ1v) is 7.41. The number of rotatable bonds is 10. The van der Waals surface area contributed by atoms with Crippen LogP contribution in [0, 0.1) is 5.41 Å². The van der Waals surface area contributed by atoms with Gasteiger partial charge in [0, 0.05) is 18.0 Å². The Labute approximate surface area is 114 Å². The highest BCUT2D eigenvalue weighted by atomic mass is 16.5. The van der Waals surface area contributed by atoms with Crippen LogP contribution in [0.2, 0.25) is 0 Å². The lowest BCUT2D eigenvalue weighted by molar-refractivity contribution is 0.102. The third-order valence-electron chi connectivity index (χ3n) is 3.82. The minimum atomic E-state index is 0.0894. The number of nitrogens with zero attached hydrogens (tertiary/aromatic N) is 1. The van der Waals surface area contributed by atoms with E-state index in [9.17, 15) is 0 Å². The third-order valence-corrected chi connectivity index (χ3v) is 3.82. The second-order valence-corrected chi connectivity index (χ2v) is 5.99. The van der Waals surface area contributed by atoms with Crippen molar-refractivity contribution in [1.29, 1.82) is 0 Å². The molecule has 0 atom stereocenters.